The number of carbonyl (C=O) groups is 3. The van der Waals surface area contributed by atoms with Crippen molar-refractivity contribution in [1.82, 2.24) is 4.57 Å². The lowest BCUT2D eigenvalue weighted by Gasteiger charge is -2.18. The second-order valence-corrected chi connectivity index (χ2v) is 7.61. The van der Waals surface area contributed by atoms with Crippen LogP contribution in [0.2, 0.25) is 5.02 Å². The molecule has 0 atom stereocenters. The molecule has 3 rings (SSSR count). The summed E-state index contributed by atoms with van der Waals surface area (Å²) in [6.07, 6.45) is 0.260. The van der Waals surface area contributed by atoms with E-state index in [1.165, 1.54) is 6.92 Å². The third-order valence-corrected chi connectivity index (χ3v) is 5.08. The van der Waals surface area contributed by atoms with E-state index in [0.29, 0.717) is 22.7 Å². The molecule has 1 heterocycles. The van der Waals surface area contributed by atoms with Crippen LogP contribution in [0, 0.1) is 6.92 Å². The molecule has 0 saturated heterocycles. The Morgan fingerprint density at radius 3 is 2.45 bits per heavy atom. The van der Waals surface area contributed by atoms with E-state index in [9.17, 15) is 14.4 Å². The fourth-order valence-corrected chi connectivity index (χ4v) is 3.67. The average Bonchev–Trinajstić information content (AvgIpc) is 3.09. The van der Waals surface area contributed by atoms with Gasteiger partial charge < -0.3 is 20.7 Å². The van der Waals surface area contributed by atoms with E-state index in [2.05, 4.69) is 5.32 Å². The third kappa shape index (κ3) is 4.95. The number of aliphatic carboxylic acids is 1. The van der Waals surface area contributed by atoms with Gasteiger partial charge in [-0.2, -0.15) is 0 Å². The lowest BCUT2D eigenvalue weighted by atomic mass is 10.1. The number of carbonyl (C=O) groups excluding carboxylic acids is 2. The van der Waals surface area contributed by atoms with Crippen LogP contribution < -0.4 is 11.1 Å². The number of nitrogens with two attached hydrogens (primary N) is 1. The Kier molecular flexibility index (Phi) is 6.46. The number of primary amides is 1. The second-order valence-electron chi connectivity index (χ2n) is 7.18. The van der Waals surface area contributed by atoms with Crippen LogP contribution in [0.5, 0.6) is 0 Å². The normalized spacial score (nSPS) is 10.7. The molecule has 160 valence electrons. The fraction of sp³-hybridized carbons (Fsp3) is 0.174. The molecule has 8 heteroatoms. The maximum absolute atomic E-state index is 11.7. The average molecular weight is 440 g/mol. The van der Waals surface area contributed by atoms with Gasteiger partial charge in [-0.15, -0.1) is 0 Å². The number of halogens is 1. The van der Waals surface area contributed by atoms with Crippen LogP contribution in [0.4, 0.5) is 5.69 Å². The van der Waals surface area contributed by atoms with Crippen LogP contribution in [-0.4, -0.2) is 27.5 Å². The van der Waals surface area contributed by atoms with E-state index in [-0.39, 0.29) is 12.3 Å². The highest BCUT2D eigenvalue weighted by Crippen LogP contribution is 2.35. The molecule has 0 aliphatic carbocycles. The van der Waals surface area contributed by atoms with Gasteiger partial charge >= 0.3 is 5.97 Å². The molecule has 0 spiro atoms. The van der Waals surface area contributed by atoms with E-state index in [1.807, 2.05) is 23.6 Å². The van der Waals surface area contributed by atoms with Crippen molar-refractivity contribution in [3.05, 3.63) is 70.4 Å². The quantitative estimate of drug-likeness (QED) is 0.512. The molecule has 1 aromatic heterocycles. The summed E-state index contributed by atoms with van der Waals surface area (Å²) in [6.45, 7) is 3.26. The SMILES string of the molecule is CC(=O)Nc1cc(Cl)ccc1-c1ccc(CCC(=O)O)n1-c1ccc(C(N)=O)cc1C. The number of benzene rings is 2. The van der Waals surface area contributed by atoms with Gasteiger partial charge in [0.2, 0.25) is 11.8 Å². The van der Waals surface area contributed by atoms with Crippen molar-refractivity contribution in [3.8, 4) is 16.9 Å². The summed E-state index contributed by atoms with van der Waals surface area (Å²) < 4.78 is 1.93. The van der Waals surface area contributed by atoms with Crippen LogP contribution in [-0.2, 0) is 16.0 Å². The molecule has 2 amide bonds. The van der Waals surface area contributed by atoms with Crippen molar-refractivity contribution in [3.63, 3.8) is 0 Å². The number of nitrogens with one attached hydrogen (secondary N) is 1. The lowest BCUT2D eigenvalue weighted by molar-refractivity contribution is -0.137. The molecule has 0 unspecified atom stereocenters. The minimum Gasteiger partial charge on any atom is -0.481 e. The molecule has 0 saturated carbocycles. The van der Waals surface area contributed by atoms with Gasteiger partial charge in [0.25, 0.3) is 0 Å². The Balaban J connectivity index is 2.23. The van der Waals surface area contributed by atoms with Crippen LogP contribution in [0.15, 0.2) is 48.5 Å². The first-order valence-corrected chi connectivity index (χ1v) is 9.96. The Hall–Kier alpha value is -3.58. The third-order valence-electron chi connectivity index (χ3n) is 4.85. The highest BCUT2D eigenvalue weighted by atomic mass is 35.5. The topological polar surface area (TPSA) is 114 Å². The fourth-order valence-electron chi connectivity index (χ4n) is 3.50. The summed E-state index contributed by atoms with van der Waals surface area (Å²) in [5.74, 6) is -1.67. The van der Waals surface area contributed by atoms with E-state index in [4.69, 9.17) is 22.4 Å². The summed E-state index contributed by atoms with van der Waals surface area (Å²) in [5, 5.41) is 12.4. The number of hydrogen-bond acceptors (Lipinski definition) is 3. The van der Waals surface area contributed by atoms with Crippen molar-refractivity contribution in [1.29, 1.82) is 0 Å². The number of amides is 2. The predicted molar refractivity (Wildman–Crippen MR) is 120 cm³/mol. The van der Waals surface area contributed by atoms with Crippen molar-refractivity contribution in [2.24, 2.45) is 5.73 Å². The minimum absolute atomic E-state index is 0.0406. The number of anilines is 1. The Labute approximate surface area is 184 Å². The Morgan fingerprint density at radius 1 is 1.10 bits per heavy atom. The molecular weight excluding hydrogens is 418 g/mol. The van der Waals surface area contributed by atoms with Crippen molar-refractivity contribution in [2.45, 2.75) is 26.7 Å². The van der Waals surface area contributed by atoms with Crippen LogP contribution in [0.3, 0.4) is 0 Å². The molecule has 7 nitrogen and oxygen atoms in total. The number of carboxylic acid groups (broad SMARTS) is 1. The summed E-state index contributed by atoms with van der Waals surface area (Å²) in [6, 6.07) is 14.0. The van der Waals surface area contributed by atoms with Gasteiger partial charge in [0.05, 0.1) is 17.8 Å². The molecular formula is C23H22ClN3O4. The predicted octanol–water partition coefficient (Wildman–Crippen LogP) is 4.18. The van der Waals surface area contributed by atoms with Crippen molar-refractivity contribution < 1.29 is 19.5 Å². The summed E-state index contributed by atoms with van der Waals surface area (Å²) in [4.78, 5) is 34.5. The zero-order chi connectivity index (χ0) is 22.7. The smallest absolute Gasteiger partial charge is 0.303 e. The van der Waals surface area contributed by atoms with E-state index in [1.54, 1.807) is 36.4 Å². The number of carboxylic acids is 1. The van der Waals surface area contributed by atoms with Gasteiger partial charge in [-0.25, -0.2) is 0 Å². The molecule has 4 N–H and O–H groups in total. The monoisotopic (exact) mass is 439 g/mol. The minimum atomic E-state index is -0.902. The molecule has 0 bridgehead atoms. The number of hydrogen-bond donors (Lipinski definition) is 3. The van der Waals surface area contributed by atoms with Crippen molar-refractivity contribution in [2.75, 3.05) is 5.32 Å². The van der Waals surface area contributed by atoms with Crippen LogP contribution in [0.25, 0.3) is 16.9 Å². The first-order valence-electron chi connectivity index (χ1n) is 9.58. The van der Waals surface area contributed by atoms with E-state index in [0.717, 1.165) is 28.2 Å². The molecule has 0 fully saturated rings. The number of aryl methyl sites for hydroxylation is 2. The van der Waals surface area contributed by atoms with Crippen molar-refractivity contribution >= 4 is 35.1 Å². The maximum atomic E-state index is 11.7. The molecule has 0 radical (unpaired) electrons. The lowest BCUT2D eigenvalue weighted by Crippen LogP contribution is -2.13. The van der Waals surface area contributed by atoms with Gasteiger partial charge in [0.1, 0.15) is 0 Å². The molecule has 3 aromatic rings. The summed E-state index contributed by atoms with van der Waals surface area (Å²) in [7, 11) is 0. The van der Waals surface area contributed by atoms with Gasteiger partial charge in [-0.1, -0.05) is 11.6 Å². The summed E-state index contributed by atoms with van der Waals surface area (Å²) >= 11 is 6.14. The van der Waals surface area contributed by atoms with E-state index >= 15 is 0 Å². The first kappa shape index (κ1) is 22.1. The number of rotatable bonds is 7. The van der Waals surface area contributed by atoms with E-state index < -0.39 is 11.9 Å². The van der Waals surface area contributed by atoms with Gasteiger partial charge in [-0.05, 0) is 67.4 Å². The Morgan fingerprint density at radius 2 is 1.84 bits per heavy atom. The van der Waals surface area contributed by atoms with Crippen LogP contribution >= 0.6 is 11.6 Å². The molecule has 0 aliphatic heterocycles. The van der Waals surface area contributed by atoms with Crippen LogP contribution in [0.1, 0.15) is 35.0 Å². The molecule has 31 heavy (non-hydrogen) atoms. The molecule has 2 aromatic carbocycles. The zero-order valence-electron chi connectivity index (χ0n) is 17.1. The number of nitrogens with zero attached hydrogens (tertiary/aromatic N) is 1. The molecule has 0 aliphatic rings. The largest absolute Gasteiger partial charge is 0.481 e. The highest BCUT2D eigenvalue weighted by Gasteiger charge is 2.18. The number of aromatic nitrogens is 1. The van der Waals surface area contributed by atoms with Gasteiger partial charge in [-0.3, -0.25) is 14.4 Å². The Bertz CT molecular complexity index is 1180. The van der Waals surface area contributed by atoms with Gasteiger partial charge in [0.15, 0.2) is 0 Å². The highest BCUT2D eigenvalue weighted by molar-refractivity contribution is 6.31. The maximum Gasteiger partial charge on any atom is 0.303 e. The zero-order valence-corrected chi connectivity index (χ0v) is 17.9. The second kappa shape index (κ2) is 9.06. The first-order chi connectivity index (χ1) is 14.7. The van der Waals surface area contributed by atoms with Gasteiger partial charge in [0, 0.05) is 34.5 Å². The summed E-state index contributed by atoms with van der Waals surface area (Å²) in [5.41, 5.74) is 10.1. The standard InChI is InChI=1S/C23H22ClN3O4/c1-13-11-15(23(25)31)3-8-20(13)27-17(6-10-22(29)30)5-9-21(27)18-7-4-16(24)12-19(18)26-14(2)28/h3-5,7-9,11-12H,6,10H2,1-2H3,(H2,25,31)(H,26,28)(H,29,30).